The van der Waals surface area contributed by atoms with E-state index in [9.17, 15) is 25.9 Å². The first-order valence-corrected chi connectivity index (χ1v) is 15.2. The van der Waals surface area contributed by atoms with E-state index in [4.69, 9.17) is 4.42 Å². The second-order valence-corrected chi connectivity index (χ2v) is 11.8. The van der Waals surface area contributed by atoms with Gasteiger partial charge >= 0.3 is 0 Å². The summed E-state index contributed by atoms with van der Waals surface area (Å²) >= 11 is 0. The molecule has 2 aromatic carbocycles. The van der Waals surface area contributed by atoms with Crippen molar-refractivity contribution in [2.45, 2.75) is 43.5 Å². The molecule has 0 radical (unpaired) electrons. The van der Waals surface area contributed by atoms with Gasteiger partial charge in [-0.1, -0.05) is 25.1 Å². The molecule has 1 aliphatic heterocycles. The van der Waals surface area contributed by atoms with E-state index < -0.39 is 30.0 Å². The Morgan fingerprint density at radius 2 is 1.55 bits per heavy atom. The van der Waals surface area contributed by atoms with E-state index in [1.165, 1.54) is 6.07 Å². The molecule has 1 heterocycles. The third-order valence-corrected chi connectivity index (χ3v) is 8.41. The number of hydrogen-bond donors (Lipinski definition) is 3. The molecule has 0 saturated heterocycles. The van der Waals surface area contributed by atoms with Crippen molar-refractivity contribution in [2.75, 3.05) is 19.6 Å². The standard InChI is InChI=1S/C27H30N2O7S2/c1-5-28-17(4)18-8-11-21-24(14-18)36-25-15-19(29(6-2)7-3)9-12-22(25)27(21)23-13-10-20(37(30,31)32)16-26(23)38(33,34)35/h8-17,28H,5-7H2,1-4H3,(H-,30,31,32,33,34,35)/p+1. The molecule has 0 fully saturated rings. The van der Waals surface area contributed by atoms with Crippen molar-refractivity contribution >= 4 is 31.2 Å². The van der Waals surface area contributed by atoms with Crippen molar-refractivity contribution in [3.05, 3.63) is 65.5 Å². The van der Waals surface area contributed by atoms with Crippen LogP contribution in [-0.4, -0.2) is 45.6 Å². The average Bonchev–Trinajstić information content (AvgIpc) is 2.86. The first-order valence-electron chi connectivity index (χ1n) is 12.3. The molecular weight excluding hydrogens is 528 g/mol. The van der Waals surface area contributed by atoms with E-state index in [1.807, 2.05) is 64.1 Å². The van der Waals surface area contributed by atoms with Gasteiger partial charge in [-0.3, -0.25) is 9.11 Å². The van der Waals surface area contributed by atoms with Crippen LogP contribution in [-0.2, 0) is 20.2 Å². The van der Waals surface area contributed by atoms with E-state index in [2.05, 4.69) is 9.89 Å². The molecule has 0 aromatic heterocycles. The van der Waals surface area contributed by atoms with Gasteiger partial charge in [-0.05, 0) is 57.1 Å². The molecule has 202 valence electrons. The Morgan fingerprint density at radius 1 is 0.868 bits per heavy atom. The molecule has 0 amide bonds. The van der Waals surface area contributed by atoms with Crippen LogP contribution in [0.2, 0.25) is 0 Å². The van der Waals surface area contributed by atoms with E-state index in [0.717, 1.165) is 42.7 Å². The van der Waals surface area contributed by atoms with Gasteiger partial charge in [0, 0.05) is 34.2 Å². The highest BCUT2D eigenvalue weighted by atomic mass is 32.2. The Kier molecular flexibility index (Phi) is 7.78. The second-order valence-electron chi connectivity index (χ2n) is 8.97. The number of nitrogens with one attached hydrogen (secondary N) is 1. The molecule has 4 rings (SSSR count). The van der Waals surface area contributed by atoms with Gasteiger partial charge in [0.2, 0.25) is 5.36 Å². The lowest BCUT2D eigenvalue weighted by atomic mass is 9.92. The minimum Gasteiger partial charge on any atom is -0.456 e. The summed E-state index contributed by atoms with van der Waals surface area (Å²) in [5.41, 5.74) is 2.56. The smallest absolute Gasteiger partial charge is 0.295 e. The maximum Gasteiger partial charge on any atom is 0.295 e. The number of fused-ring (bicyclic) bond motifs is 2. The zero-order valence-electron chi connectivity index (χ0n) is 21.6. The van der Waals surface area contributed by atoms with Crippen molar-refractivity contribution in [1.29, 1.82) is 0 Å². The van der Waals surface area contributed by atoms with Crippen LogP contribution < -0.4 is 15.2 Å². The van der Waals surface area contributed by atoms with Gasteiger partial charge in [-0.2, -0.15) is 16.8 Å². The molecule has 0 spiro atoms. The molecule has 38 heavy (non-hydrogen) atoms. The molecule has 2 aliphatic rings. The van der Waals surface area contributed by atoms with Gasteiger partial charge in [0.15, 0.2) is 0 Å². The minimum atomic E-state index is -4.88. The molecule has 0 bridgehead atoms. The van der Waals surface area contributed by atoms with E-state index in [1.54, 1.807) is 0 Å². The molecule has 0 saturated carbocycles. The Labute approximate surface area is 222 Å². The van der Waals surface area contributed by atoms with Gasteiger partial charge in [0.05, 0.1) is 11.0 Å². The summed E-state index contributed by atoms with van der Waals surface area (Å²) < 4.78 is 76.5. The summed E-state index contributed by atoms with van der Waals surface area (Å²) in [6.07, 6.45) is 0. The van der Waals surface area contributed by atoms with Gasteiger partial charge in [-0.15, -0.1) is 0 Å². The fourth-order valence-electron chi connectivity index (χ4n) is 4.75. The van der Waals surface area contributed by atoms with Crippen LogP contribution in [0.25, 0.3) is 33.4 Å². The first kappa shape index (κ1) is 27.9. The van der Waals surface area contributed by atoms with Crippen LogP contribution >= 0.6 is 0 Å². The number of benzene rings is 3. The molecular formula is C27H31N2O7S2+. The Bertz CT molecular complexity index is 1770. The number of hydrogen-bond acceptors (Lipinski definition) is 6. The summed E-state index contributed by atoms with van der Waals surface area (Å²) in [7, 11) is -9.60. The van der Waals surface area contributed by atoms with Crippen LogP contribution in [0, 0.1) is 0 Å². The highest BCUT2D eigenvalue weighted by Crippen LogP contribution is 2.43. The maximum absolute atomic E-state index is 12.5. The maximum atomic E-state index is 12.5. The predicted molar refractivity (Wildman–Crippen MR) is 146 cm³/mol. The molecule has 3 N–H and O–H groups in total. The summed E-state index contributed by atoms with van der Waals surface area (Å²) in [5, 5.41) is 4.85. The van der Waals surface area contributed by atoms with Crippen LogP contribution in [0.5, 0.6) is 0 Å². The van der Waals surface area contributed by atoms with Crippen LogP contribution in [0.4, 0.5) is 0 Å². The average molecular weight is 560 g/mol. The van der Waals surface area contributed by atoms with Crippen molar-refractivity contribution in [1.82, 2.24) is 9.89 Å². The molecule has 9 nitrogen and oxygen atoms in total. The van der Waals surface area contributed by atoms with Crippen LogP contribution in [0.15, 0.2) is 68.8 Å². The van der Waals surface area contributed by atoms with E-state index in [-0.39, 0.29) is 11.6 Å². The first-order chi connectivity index (χ1) is 17.9. The fourth-order valence-corrected chi connectivity index (χ4v) is 6.05. The monoisotopic (exact) mass is 559 g/mol. The largest absolute Gasteiger partial charge is 0.456 e. The van der Waals surface area contributed by atoms with Gasteiger partial charge in [0.1, 0.15) is 29.3 Å². The van der Waals surface area contributed by atoms with Crippen LogP contribution in [0.1, 0.15) is 39.3 Å². The molecule has 2 aromatic rings. The van der Waals surface area contributed by atoms with Gasteiger partial charge in [0.25, 0.3) is 20.2 Å². The normalized spacial score (nSPS) is 13.2. The Hall–Kier alpha value is -3.09. The number of nitrogens with zero attached hydrogens (tertiary/aromatic N) is 1. The fraction of sp³-hybridized carbons (Fsp3) is 0.296. The van der Waals surface area contributed by atoms with Gasteiger partial charge < -0.3 is 9.73 Å². The lowest BCUT2D eigenvalue weighted by Gasteiger charge is -2.19. The van der Waals surface area contributed by atoms with E-state index in [0.29, 0.717) is 27.9 Å². The van der Waals surface area contributed by atoms with Crippen LogP contribution in [0.3, 0.4) is 0 Å². The second kappa shape index (κ2) is 10.6. The van der Waals surface area contributed by atoms with Crippen molar-refractivity contribution < 1.29 is 30.4 Å². The summed E-state index contributed by atoms with van der Waals surface area (Å²) in [6, 6.07) is 14.4. The molecule has 11 heteroatoms. The van der Waals surface area contributed by atoms with E-state index >= 15 is 0 Å². The van der Waals surface area contributed by atoms with Crippen molar-refractivity contribution in [2.24, 2.45) is 0 Å². The summed E-state index contributed by atoms with van der Waals surface area (Å²) in [4.78, 5) is -1.28. The third-order valence-electron chi connectivity index (χ3n) is 6.67. The highest BCUT2D eigenvalue weighted by molar-refractivity contribution is 7.86. The quantitative estimate of drug-likeness (QED) is 0.166. The summed E-state index contributed by atoms with van der Waals surface area (Å²) in [5.74, 6) is 0.491. The zero-order chi connectivity index (χ0) is 27.8. The summed E-state index contributed by atoms with van der Waals surface area (Å²) in [6.45, 7) is 10.4. The minimum absolute atomic E-state index is 0.0307. The third kappa shape index (κ3) is 5.38. The SMILES string of the molecule is CCNC(C)c1ccc2c(-c3ccc(S(=O)(=O)O)cc3S(=O)(=O)O)c3ccc(=[N+](CC)CC)cc-3oc2c1. The predicted octanol–water partition coefficient (Wildman–Crippen LogP) is 4.18. The van der Waals surface area contributed by atoms with Crippen molar-refractivity contribution in [3.63, 3.8) is 0 Å². The van der Waals surface area contributed by atoms with Crippen molar-refractivity contribution in [3.8, 4) is 22.5 Å². The topological polar surface area (TPSA) is 137 Å². The zero-order valence-corrected chi connectivity index (χ0v) is 23.2. The molecule has 1 aliphatic carbocycles. The molecule has 1 atom stereocenters. The molecule has 1 unspecified atom stereocenters. The lowest BCUT2D eigenvalue weighted by Crippen LogP contribution is -2.29. The number of rotatable bonds is 8. The van der Waals surface area contributed by atoms with Gasteiger partial charge in [-0.25, -0.2) is 4.58 Å². The highest BCUT2D eigenvalue weighted by Gasteiger charge is 2.26. The Morgan fingerprint density at radius 3 is 2.16 bits per heavy atom. The lowest BCUT2D eigenvalue weighted by molar-refractivity contribution is 0.481. The Balaban J connectivity index is 2.17.